The van der Waals surface area contributed by atoms with Crippen LogP contribution in [0.3, 0.4) is 0 Å². The molecule has 0 amide bonds. The summed E-state index contributed by atoms with van der Waals surface area (Å²) in [6, 6.07) is 4.12. The Morgan fingerprint density at radius 3 is 2.50 bits per heavy atom. The number of ether oxygens (including phenoxy) is 2. The second-order valence-electron chi connectivity index (χ2n) is 9.47. The van der Waals surface area contributed by atoms with Gasteiger partial charge in [0.05, 0.1) is 18.4 Å². The van der Waals surface area contributed by atoms with E-state index >= 15 is 4.39 Å². The molecule has 0 unspecified atom stereocenters. The molecule has 40 heavy (non-hydrogen) atoms. The Labute approximate surface area is 224 Å². The minimum Gasteiger partial charge on any atom is -0.480 e. The molecule has 0 spiro atoms. The lowest BCUT2D eigenvalue weighted by atomic mass is 10.1. The van der Waals surface area contributed by atoms with E-state index < -0.39 is 17.7 Å². The van der Waals surface area contributed by atoms with Crippen LogP contribution in [0.25, 0.3) is 33.8 Å². The molecule has 1 aliphatic carbocycles. The monoisotopic (exact) mass is 554 g/mol. The first-order valence-electron chi connectivity index (χ1n) is 12.2. The second-order valence-corrected chi connectivity index (χ2v) is 9.47. The number of aryl methyl sites for hydroxylation is 2. The number of benzene rings is 1. The first-order valence-corrected chi connectivity index (χ1v) is 12.2. The van der Waals surface area contributed by atoms with Gasteiger partial charge in [-0.3, -0.25) is 4.68 Å². The number of fused-ring (bicyclic) bond motifs is 1. The highest BCUT2D eigenvalue weighted by Crippen LogP contribution is 2.45. The molecule has 0 atom stereocenters. The fourth-order valence-electron chi connectivity index (χ4n) is 4.46. The van der Waals surface area contributed by atoms with Crippen LogP contribution < -0.4 is 9.47 Å². The molecule has 1 aromatic carbocycles. The van der Waals surface area contributed by atoms with E-state index in [9.17, 15) is 13.2 Å². The number of imidazole rings is 1. The molecule has 0 bridgehead atoms. The van der Waals surface area contributed by atoms with Gasteiger partial charge >= 0.3 is 6.18 Å². The van der Waals surface area contributed by atoms with Gasteiger partial charge in [0, 0.05) is 32.4 Å². The Balaban J connectivity index is 1.33. The minimum absolute atomic E-state index is 0.0653. The van der Waals surface area contributed by atoms with Crippen LogP contribution in [0.1, 0.15) is 35.7 Å². The normalized spacial score (nSPS) is 13.7. The molecule has 10 nitrogen and oxygen atoms in total. The van der Waals surface area contributed by atoms with E-state index in [-0.39, 0.29) is 35.6 Å². The third-order valence-corrected chi connectivity index (χ3v) is 6.50. The molecule has 4 heterocycles. The van der Waals surface area contributed by atoms with Crippen molar-refractivity contribution in [3.05, 3.63) is 59.7 Å². The number of hydrogen-bond acceptors (Lipinski definition) is 8. The molecule has 0 radical (unpaired) electrons. The van der Waals surface area contributed by atoms with Crippen molar-refractivity contribution in [2.24, 2.45) is 14.1 Å². The summed E-state index contributed by atoms with van der Waals surface area (Å²) < 4.78 is 68.4. The summed E-state index contributed by atoms with van der Waals surface area (Å²) in [5, 5.41) is 4.94. The van der Waals surface area contributed by atoms with Crippen LogP contribution >= 0.6 is 0 Å². The summed E-state index contributed by atoms with van der Waals surface area (Å²) in [7, 11) is 4.62. The van der Waals surface area contributed by atoms with Crippen molar-refractivity contribution in [1.82, 2.24) is 39.3 Å². The molecule has 0 saturated heterocycles. The van der Waals surface area contributed by atoms with Crippen LogP contribution in [0.4, 0.5) is 17.6 Å². The lowest BCUT2D eigenvalue weighted by molar-refractivity contribution is -0.140. The van der Waals surface area contributed by atoms with Crippen molar-refractivity contribution in [2.75, 3.05) is 7.11 Å². The number of nitrogens with zero attached hydrogens (tertiary/aromatic N) is 8. The van der Waals surface area contributed by atoms with Crippen molar-refractivity contribution < 1.29 is 27.0 Å². The van der Waals surface area contributed by atoms with Crippen molar-refractivity contribution in [1.29, 1.82) is 0 Å². The van der Waals surface area contributed by atoms with Crippen molar-refractivity contribution in [3.8, 4) is 34.5 Å². The number of aromatic nitrogens is 8. The SMILES string of the molecule is COc1ncnc(C2CC2)c1-c1nc(OCc2ccc(-c3nc(C(F)(F)F)cn3C)c(F)c2)c2cn(C)nc2n1. The maximum atomic E-state index is 15.0. The maximum absolute atomic E-state index is 15.0. The highest BCUT2D eigenvalue weighted by atomic mass is 19.4. The van der Waals surface area contributed by atoms with E-state index in [4.69, 9.17) is 9.47 Å². The number of alkyl halides is 3. The van der Waals surface area contributed by atoms with E-state index in [0.29, 0.717) is 28.0 Å². The molecule has 14 heteroatoms. The van der Waals surface area contributed by atoms with Crippen molar-refractivity contribution >= 4 is 11.0 Å². The molecule has 4 aromatic heterocycles. The molecule has 1 fully saturated rings. The zero-order valence-corrected chi connectivity index (χ0v) is 21.6. The van der Waals surface area contributed by atoms with Gasteiger partial charge in [-0.2, -0.15) is 23.3 Å². The summed E-state index contributed by atoms with van der Waals surface area (Å²) in [6.07, 6.45) is 1.31. The van der Waals surface area contributed by atoms with Crippen molar-refractivity contribution in [3.63, 3.8) is 0 Å². The van der Waals surface area contributed by atoms with Gasteiger partial charge in [0.15, 0.2) is 17.2 Å². The average Bonchev–Trinajstić information content (AvgIpc) is 3.58. The van der Waals surface area contributed by atoms with Crippen LogP contribution in [0.2, 0.25) is 0 Å². The van der Waals surface area contributed by atoms with Gasteiger partial charge in [0.1, 0.15) is 35.5 Å². The quantitative estimate of drug-likeness (QED) is 0.263. The van der Waals surface area contributed by atoms with E-state index in [1.54, 1.807) is 24.0 Å². The van der Waals surface area contributed by atoms with Gasteiger partial charge in [-0.25, -0.2) is 24.3 Å². The zero-order valence-electron chi connectivity index (χ0n) is 21.6. The van der Waals surface area contributed by atoms with E-state index in [1.165, 1.54) is 32.6 Å². The summed E-state index contributed by atoms with van der Waals surface area (Å²) >= 11 is 0. The summed E-state index contributed by atoms with van der Waals surface area (Å²) in [6.45, 7) is -0.0794. The minimum atomic E-state index is -4.64. The number of hydrogen-bond donors (Lipinski definition) is 0. The Morgan fingerprint density at radius 1 is 1.02 bits per heavy atom. The molecule has 206 valence electrons. The Morgan fingerprint density at radius 2 is 1.82 bits per heavy atom. The lowest BCUT2D eigenvalue weighted by Crippen LogP contribution is -2.05. The van der Waals surface area contributed by atoms with Gasteiger partial charge in [-0.05, 0) is 30.5 Å². The van der Waals surface area contributed by atoms with Gasteiger partial charge in [0.2, 0.25) is 11.8 Å². The fourth-order valence-corrected chi connectivity index (χ4v) is 4.46. The Bertz CT molecular complexity index is 1740. The number of halogens is 4. The largest absolute Gasteiger partial charge is 0.480 e. The van der Waals surface area contributed by atoms with Crippen molar-refractivity contribution in [2.45, 2.75) is 31.5 Å². The van der Waals surface area contributed by atoms with Crippen LogP contribution in [0.15, 0.2) is 36.9 Å². The predicted octanol–water partition coefficient (Wildman–Crippen LogP) is 4.84. The fraction of sp³-hybridized carbons (Fsp3) is 0.308. The van der Waals surface area contributed by atoms with Crippen LogP contribution in [0, 0.1) is 5.82 Å². The summed E-state index contributed by atoms with van der Waals surface area (Å²) in [5.41, 5.74) is 1.00. The molecule has 6 rings (SSSR count). The Hall–Kier alpha value is -4.62. The lowest BCUT2D eigenvalue weighted by Gasteiger charge is -2.12. The standard InChI is InChI=1S/C26H22F4N8O2/c1-37-10-18(26(28,29)30)33-23(37)15-7-4-13(8-17(15)27)11-40-24-16-9-38(2)36-21(16)34-22(35-24)19-20(14-5-6-14)31-12-32-25(19)39-3/h4,7-10,12,14H,5-6,11H2,1-3H3. The predicted molar refractivity (Wildman–Crippen MR) is 134 cm³/mol. The van der Waals surface area contributed by atoms with E-state index in [0.717, 1.165) is 29.3 Å². The molecule has 5 aromatic rings. The summed E-state index contributed by atoms with van der Waals surface area (Å²) in [5.74, 6) is 0.214. The van der Waals surface area contributed by atoms with Gasteiger partial charge < -0.3 is 14.0 Å². The first kappa shape index (κ1) is 25.6. The van der Waals surface area contributed by atoms with Gasteiger partial charge in [-0.15, -0.1) is 0 Å². The van der Waals surface area contributed by atoms with Gasteiger partial charge in [-0.1, -0.05) is 6.07 Å². The average molecular weight is 555 g/mol. The van der Waals surface area contributed by atoms with Gasteiger partial charge in [0.25, 0.3) is 0 Å². The summed E-state index contributed by atoms with van der Waals surface area (Å²) in [4.78, 5) is 21.5. The van der Waals surface area contributed by atoms with E-state index in [1.807, 2.05) is 0 Å². The Kier molecular flexibility index (Phi) is 6.11. The molecular formula is C26H22F4N8O2. The van der Waals surface area contributed by atoms with Crippen LogP contribution in [-0.4, -0.2) is 46.4 Å². The first-order chi connectivity index (χ1) is 19.1. The van der Waals surface area contributed by atoms with E-state index in [2.05, 4.69) is 30.0 Å². The zero-order chi connectivity index (χ0) is 28.2. The molecular weight excluding hydrogens is 532 g/mol. The molecule has 0 aliphatic heterocycles. The van der Waals surface area contributed by atoms with Crippen LogP contribution in [0.5, 0.6) is 11.8 Å². The van der Waals surface area contributed by atoms with Crippen LogP contribution in [-0.2, 0) is 26.9 Å². The third-order valence-electron chi connectivity index (χ3n) is 6.50. The highest BCUT2D eigenvalue weighted by molar-refractivity contribution is 5.82. The number of methoxy groups -OCH3 is 1. The number of rotatable bonds is 7. The second kappa shape index (κ2) is 9.54. The highest BCUT2D eigenvalue weighted by Gasteiger charge is 2.35. The smallest absolute Gasteiger partial charge is 0.434 e. The maximum Gasteiger partial charge on any atom is 0.434 e. The molecule has 1 saturated carbocycles. The topological polar surface area (TPSA) is 106 Å². The third kappa shape index (κ3) is 4.69. The molecule has 0 N–H and O–H groups in total. The molecule has 1 aliphatic rings.